The van der Waals surface area contributed by atoms with Crippen molar-refractivity contribution in [1.29, 1.82) is 0 Å². The van der Waals surface area contributed by atoms with E-state index in [1.807, 2.05) is 6.07 Å². The fourth-order valence-corrected chi connectivity index (χ4v) is 3.37. The monoisotopic (exact) mass is 288 g/mol. The van der Waals surface area contributed by atoms with Gasteiger partial charge < -0.3 is 4.67 Å². The molecule has 1 aliphatic carbocycles. The third kappa shape index (κ3) is 4.03. The summed E-state index contributed by atoms with van der Waals surface area (Å²) < 4.78 is 2.18. The van der Waals surface area contributed by atoms with Crippen LogP contribution < -0.4 is 0 Å². The van der Waals surface area contributed by atoms with Gasteiger partial charge >= 0.3 is 0 Å². The Morgan fingerprint density at radius 2 is 1.75 bits per heavy atom. The molecule has 1 aromatic rings. The molecule has 0 bridgehead atoms. The lowest BCUT2D eigenvalue weighted by molar-refractivity contribution is -0.113. The Bertz CT molecular complexity index is 491. The second-order valence-corrected chi connectivity index (χ2v) is 11.2. The van der Waals surface area contributed by atoms with Crippen LogP contribution in [0.4, 0.5) is 0 Å². The lowest BCUT2D eigenvalue weighted by Crippen LogP contribution is -2.43. The highest BCUT2D eigenvalue weighted by atomic mass is 28.3. The normalized spacial score (nSPS) is 18.4. The second kappa shape index (κ2) is 6.35. The SMILES string of the molecule is C[Si](C)(C)N(Cc1ccccc1)/N=C1/CCCCC1=O. The van der Waals surface area contributed by atoms with Gasteiger partial charge in [0.2, 0.25) is 0 Å². The maximum Gasteiger partial charge on any atom is 0.178 e. The number of rotatable bonds is 4. The summed E-state index contributed by atoms with van der Waals surface area (Å²) in [6.07, 6.45) is 3.62. The predicted octanol–water partition coefficient (Wildman–Crippen LogP) is 3.82. The highest BCUT2D eigenvalue weighted by molar-refractivity contribution is 6.73. The standard InChI is InChI=1S/C16H24N2OSi/c1-20(2,3)18(13-14-9-5-4-6-10-14)17-15-11-7-8-12-16(15)19/h4-6,9-10H,7-8,11-13H2,1-3H3/b17-15-. The quantitative estimate of drug-likeness (QED) is 0.623. The zero-order valence-corrected chi connectivity index (χ0v) is 13.7. The summed E-state index contributed by atoms with van der Waals surface area (Å²) in [5.41, 5.74) is 2.04. The molecular formula is C16H24N2OSi. The first-order valence-electron chi connectivity index (χ1n) is 7.39. The maximum atomic E-state index is 12.0. The van der Waals surface area contributed by atoms with Crippen molar-refractivity contribution in [3.05, 3.63) is 35.9 Å². The van der Waals surface area contributed by atoms with Crippen LogP contribution in [-0.2, 0) is 11.3 Å². The summed E-state index contributed by atoms with van der Waals surface area (Å²) in [6, 6.07) is 10.4. The van der Waals surface area contributed by atoms with E-state index in [2.05, 4.69) is 48.6 Å². The van der Waals surface area contributed by atoms with E-state index in [4.69, 9.17) is 5.10 Å². The molecule has 2 rings (SSSR count). The van der Waals surface area contributed by atoms with Gasteiger partial charge in [-0.1, -0.05) is 50.0 Å². The summed E-state index contributed by atoms with van der Waals surface area (Å²) in [5, 5.41) is 4.75. The van der Waals surface area contributed by atoms with Gasteiger partial charge in [-0.2, -0.15) is 5.10 Å². The van der Waals surface area contributed by atoms with E-state index in [0.29, 0.717) is 6.42 Å². The topological polar surface area (TPSA) is 32.7 Å². The molecular weight excluding hydrogens is 264 g/mol. The number of carbonyl (C=O) groups is 1. The molecule has 1 aromatic carbocycles. The molecule has 0 amide bonds. The fraction of sp³-hybridized carbons (Fsp3) is 0.500. The van der Waals surface area contributed by atoms with Crippen LogP contribution in [0.1, 0.15) is 31.2 Å². The van der Waals surface area contributed by atoms with Crippen LogP contribution in [0.2, 0.25) is 19.6 Å². The van der Waals surface area contributed by atoms with Gasteiger partial charge in [-0.15, -0.1) is 0 Å². The highest BCUT2D eigenvalue weighted by Crippen LogP contribution is 2.18. The first kappa shape index (κ1) is 15.0. The Hall–Kier alpha value is -1.42. The molecule has 0 spiro atoms. The molecule has 1 saturated carbocycles. The number of hydrogen-bond acceptors (Lipinski definition) is 3. The van der Waals surface area contributed by atoms with Crippen LogP contribution in [0.5, 0.6) is 0 Å². The molecule has 0 heterocycles. The van der Waals surface area contributed by atoms with E-state index in [1.165, 1.54) is 5.56 Å². The van der Waals surface area contributed by atoms with Crippen LogP contribution in [-0.4, -0.2) is 24.4 Å². The predicted molar refractivity (Wildman–Crippen MR) is 86.2 cm³/mol. The van der Waals surface area contributed by atoms with Crippen molar-refractivity contribution in [3.63, 3.8) is 0 Å². The first-order chi connectivity index (χ1) is 9.47. The van der Waals surface area contributed by atoms with Crippen LogP contribution in [0.3, 0.4) is 0 Å². The van der Waals surface area contributed by atoms with Crippen molar-refractivity contribution < 1.29 is 4.79 Å². The van der Waals surface area contributed by atoms with Crippen molar-refractivity contribution in [2.24, 2.45) is 5.10 Å². The smallest absolute Gasteiger partial charge is 0.178 e. The van der Waals surface area contributed by atoms with E-state index >= 15 is 0 Å². The van der Waals surface area contributed by atoms with Crippen molar-refractivity contribution in [2.75, 3.05) is 0 Å². The molecule has 108 valence electrons. The van der Waals surface area contributed by atoms with Gasteiger partial charge in [-0.3, -0.25) is 4.79 Å². The van der Waals surface area contributed by atoms with E-state index in [-0.39, 0.29) is 5.78 Å². The zero-order chi connectivity index (χ0) is 14.6. The van der Waals surface area contributed by atoms with Gasteiger partial charge in [0.25, 0.3) is 0 Å². The molecule has 0 saturated heterocycles. The Morgan fingerprint density at radius 3 is 2.35 bits per heavy atom. The lowest BCUT2D eigenvalue weighted by atomic mass is 9.97. The molecule has 1 fully saturated rings. The zero-order valence-electron chi connectivity index (χ0n) is 12.7. The van der Waals surface area contributed by atoms with Crippen molar-refractivity contribution in [1.82, 2.24) is 4.67 Å². The Labute approximate surface area is 122 Å². The minimum atomic E-state index is -1.59. The average Bonchev–Trinajstić information content (AvgIpc) is 2.40. The summed E-state index contributed by atoms with van der Waals surface area (Å²) in [4.78, 5) is 12.0. The van der Waals surface area contributed by atoms with Crippen molar-refractivity contribution >= 4 is 19.7 Å². The number of ketones is 1. The van der Waals surface area contributed by atoms with Crippen LogP contribution >= 0.6 is 0 Å². The number of Topliss-reactive ketones (excluding diaryl/α,β-unsaturated/α-hetero) is 1. The average molecular weight is 288 g/mol. The fourth-order valence-electron chi connectivity index (χ4n) is 2.29. The number of nitrogens with zero attached hydrogens (tertiary/aromatic N) is 2. The minimum Gasteiger partial charge on any atom is -0.320 e. The number of benzene rings is 1. The molecule has 0 unspecified atom stereocenters. The Balaban J connectivity index is 2.20. The van der Waals surface area contributed by atoms with E-state index < -0.39 is 8.24 Å². The van der Waals surface area contributed by atoms with Crippen molar-refractivity contribution in [2.45, 2.75) is 51.9 Å². The maximum absolute atomic E-state index is 12.0. The number of carbonyl (C=O) groups excluding carboxylic acids is 1. The van der Waals surface area contributed by atoms with Gasteiger partial charge in [0, 0.05) is 6.42 Å². The number of hydrazone groups is 1. The molecule has 0 aromatic heterocycles. The van der Waals surface area contributed by atoms with Gasteiger partial charge in [0.15, 0.2) is 14.0 Å². The largest absolute Gasteiger partial charge is 0.320 e. The van der Waals surface area contributed by atoms with Crippen molar-refractivity contribution in [3.8, 4) is 0 Å². The molecule has 1 aliphatic rings. The molecule has 0 aliphatic heterocycles. The molecule has 0 N–H and O–H groups in total. The van der Waals surface area contributed by atoms with E-state index in [1.54, 1.807) is 0 Å². The van der Waals surface area contributed by atoms with Gasteiger partial charge in [-0.05, 0) is 24.8 Å². The Kier molecular flexibility index (Phi) is 4.76. The molecule has 3 nitrogen and oxygen atoms in total. The van der Waals surface area contributed by atoms with Gasteiger partial charge in [-0.25, -0.2) is 0 Å². The summed E-state index contributed by atoms with van der Waals surface area (Å²) in [7, 11) is -1.59. The van der Waals surface area contributed by atoms with Crippen LogP contribution in [0, 0.1) is 0 Å². The summed E-state index contributed by atoms with van der Waals surface area (Å²) in [5.74, 6) is 0.243. The Morgan fingerprint density at radius 1 is 1.10 bits per heavy atom. The first-order valence-corrected chi connectivity index (χ1v) is 10.8. The molecule has 0 radical (unpaired) electrons. The van der Waals surface area contributed by atoms with Gasteiger partial charge in [0.05, 0.1) is 6.54 Å². The molecule has 0 atom stereocenters. The number of hydrogen-bond donors (Lipinski definition) is 0. The van der Waals surface area contributed by atoms with Crippen LogP contribution in [0.15, 0.2) is 35.4 Å². The molecule has 20 heavy (non-hydrogen) atoms. The summed E-state index contributed by atoms with van der Waals surface area (Å²) in [6.45, 7) is 7.61. The highest BCUT2D eigenvalue weighted by Gasteiger charge is 2.25. The van der Waals surface area contributed by atoms with Crippen LogP contribution in [0.25, 0.3) is 0 Å². The van der Waals surface area contributed by atoms with Gasteiger partial charge in [0.1, 0.15) is 5.71 Å². The summed E-state index contributed by atoms with van der Waals surface area (Å²) >= 11 is 0. The third-order valence-electron chi connectivity index (χ3n) is 3.58. The van der Waals surface area contributed by atoms with E-state index in [9.17, 15) is 4.79 Å². The minimum absolute atomic E-state index is 0.243. The molecule has 4 heteroatoms. The van der Waals surface area contributed by atoms with E-state index in [0.717, 1.165) is 31.5 Å². The lowest BCUT2D eigenvalue weighted by Gasteiger charge is -2.32. The second-order valence-electron chi connectivity index (χ2n) is 6.39. The third-order valence-corrected chi connectivity index (χ3v) is 5.39.